The molecule has 0 aliphatic heterocycles. The Bertz CT molecular complexity index is 1350. The molecular weight excluding hydrogens is 566 g/mol. The Hall–Kier alpha value is -3.17. The second kappa shape index (κ2) is 12.1. The van der Waals surface area contributed by atoms with Crippen LogP contribution in [-0.4, -0.2) is 43.3 Å². The largest absolute Gasteiger partial charge is 0.350 e. The van der Waals surface area contributed by atoms with Crippen molar-refractivity contribution < 1.29 is 18.0 Å². The van der Waals surface area contributed by atoms with E-state index in [2.05, 4.69) is 21.2 Å². The highest BCUT2D eigenvalue weighted by atomic mass is 79.9. The fraction of sp³-hybridized carbons (Fsp3) is 0.310. The quantitative estimate of drug-likeness (QED) is 0.362. The Morgan fingerprint density at radius 1 is 0.921 bits per heavy atom. The van der Waals surface area contributed by atoms with E-state index in [1.807, 2.05) is 52.0 Å². The number of nitrogens with one attached hydrogen (secondary N) is 1. The number of halogens is 1. The molecule has 3 aromatic rings. The van der Waals surface area contributed by atoms with E-state index in [1.54, 1.807) is 49.4 Å². The lowest BCUT2D eigenvalue weighted by Crippen LogP contribution is -2.54. The maximum atomic E-state index is 13.9. The van der Waals surface area contributed by atoms with Crippen LogP contribution in [0.5, 0.6) is 0 Å². The molecule has 2 amide bonds. The van der Waals surface area contributed by atoms with Crippen LogP contribution in [0.2, 0.25) is 0 Å². The van der Waals surface area contributed by atoms with Crippen LogP contribution in [0.4, 0.5) is 5.69 Å². The molecule has 9 heteroatoms. The van der Waals surface area contributed by atoms with Gasteiger partial charge in [0.15, 0.2) is 0 Å². The number of benzene rings is 3. The van der Waals surface area contributed by atoms with Crippen molar-refractivity contribution in [3.05, 3.63) is 94.5 Å². The van der Waals surface area contributed by atoms with E-state index in [-0.39, 0.29) is 17.3 Å². The molecule has 0 spiro atoms. The Kier molecular flexibility index (Phi) is 9.38. The number of anilines is 1. The van der Waals surface area contributed by atoms with Gasteiger partial charge in [-0.1, -0.05) is 64.0 Å². The highest BCUT2D eigenvalue weighted by Gasteiger charge is 2.33. The van der Waals surface area contributed by atoms with Gasteiger partial charge in [-0.05, 0) is 76.6 Å². The van der Waals surface area contributed by atoms with Crippen molar-refractivity contribution in [1.29, 1.82) is 0 Å². The van der Waals surface area contributed by atoms with Crippen molar-refractivity contribution in [3.63, 3.8) is 0 Å². The summed E-state index contributed by atoms with van der Waals surface area (Å²) in [4.78, 5) is 28.5. The van der Waals surface area contributed by atoms with E-state index in [1.165, 1.54) is 17.0 Å². The van der Waals surface area contributed by atoms with Crippen LogP contribution >= 0.6 is 15.9 Å². The van der Waals surface area contributed by atoms with Crippen LogP contribution < -0.4 is 9.62 Å². The number of nitrogens with zero attached hydrogens (tertiary/aromatic N) is 2. The number of hydrogen-bond donors (Lipinski definition) is 1. The van der Waals surface area contributed by atoms with E-state index >= 15 is 0 Å². The molecule has 1 atom stereocenters. The normalized spacial score (nSPS) is 12.5. The zero-order valence-corrected chi connectivity index (χ0v) is 24.7. The molecule has 38 heavy (non-hydrogen) atoms. The van der Waals surface area contributed by atoms with Gasteiger partial charge in [0.25, 0.3) is 10.0 Å². The van der Waals surface area contributed by atoms with Crippen molar-refractivity contribution in [2.75, 3.05) is 10.8 Å². The average molecular weight is 601 g/mol. The van der Waals surface area contributed by atoms with Crippen molar-refractivity contribution in [2.24, 2.45) is 0 Å². The standard InChI is InChI=1S/C29H34BrN3O4S/c1-21-11-13-23(14-12-21)19-32(22(2)28(35)31-29(3,4)5)27(34)20-33(25-17-15-24(30)16-18-25)38(36,37)26-9-7-6-8-10-26/h6-18,22H,19-20H2,1-5H3,(H,31,35)/t22-/m1/s1. The molecule has 3 aromatic carbocycles. The van der Waals surface area contributed by atoms with Gasteiger partial charge in [0.2, 0.25) is 11.8 Å². The van der Waals surface area contributed by atoms with Gasteiger partial charge in [-0.25, -0.2) is 8.42 Å². The summed E-state index contributed by atoms with van der Waals surface area (Å²) in [7, 11) is -4.08. The molecule has 202 valence electrons. The zero-order valence-electron chi connectivity index (χ0n) is 22.3. The summed E-state index contributed by atoms with van der Waals surface area (Å²) in [5.74, 6) is -0.816. The van der Waals surface area contributed by atoms with Crippen LogP contribution in [0.15, 0.2) is 88.2 Å². The molecule has 7 nitrogen and oxygen atoms in total. The fourth-order valence-electron chi connectivity index (χ4n) is 3.80. The molecule has 0 saturated carbocycles. The summed E-state index contributed by atoms with van der Waals surface area (Å²) in [6.45, 7) is 8.90. The first-order valence-electron chi connectivity index (χ1n) is 12.3. The molecule has 3 rings (SSSR count). The van der Waals surface area contributed by atoms with Crippen LogP contribution in [0.3, 0.4) is 0 Å². The lowest BCUT2D eigenvalue weighted by molar-refractivity contribution is -0.140. The summed E-state index contributed by atoms with van der Waals surface area (Å²) < 4.78 is 29.3. The molecule has 0 saturated heterocycles. The van der Waals surface area contributed by atoms with E-state index in [9.17, 15) is 18.0 Å². The lowest BCUT2D eigenvalue weighted by atomic mass is 10.1. The van der Waals surface area contributed by atoms with E-state index in [4.69, 9.17) is 0 Å². The number of amides is 2. The number of hydrogen-bond acceptors (Lipinski definition) is 4. The summed E-state index contributed by atoms with van der Waals surface area (Å²) in [5, 5.41) is 2.93. The Morgan fingerprint density at radius 3 is 2.05 bits per heavy atom. The molecule has 0 aromatic heterocycles. The first kappa shape index (κ1) is 29.4. The first-order chi connectivity index (χ1) is 17.8. The molecular formula is C29H34BrN3O4S. The van der Waals surface area contributed by atoms with Crippen LogP contribution in [0.25, 0.3) is 0 Å². The van der Waals surface area contributed by atoms with Crippen molar-refractivity contribution in [1.82, 2.24) is 10.2 Å². The molecule has 0 heterocycles. The van der Waals surface area contributed by atoms with Crippen LogP contribution in [0.1, 0.15) is 38.8 Å². The molecule has 0 bridgehead atoms. The maximum absolute atomic E-state index is 13.9. The second-order valence-corrected chi connectivity index (χ2v) is 13.0. The molecule has 1 N–H and O–H groups in total. The van der Waals surface area contributed by atoms with Gasteiger partial charge in [0, 0.05) is 16.6 Å². The van der Waals surface area contributed by atoms with E-state index < -0.39 is 34.1 Å². The smallest absolute Gasteiger partial charge is 0.264 e. The van der Waals surface area contributed by atoms with Gasteiger partial charge in [-0.3, -0.25) is 13.9 Å². The summed E-state index contributed by atoms with van der Waals surface area (Å²) >= 11 is 3.38. The first-order valence-corrected chi connectivity index (χ1v) is 14.5. The number of carbonyl (C=O) groups is 2. The third-order valence-electron chi connectivity index (χ3n) is 5.86. The Labute approximate surface area is 234 Å². The van der Waals surface area contributed by atoms with Gasteiger partial charge in [0.05, 0.1) is 10.6 Å². The minimum absolute atomic E-state index is 0.0688. The highest BCUT2D eigenvalue weighted by molar-refractivity contribution is 9.10. The molecule has 0 unspecified atom stereocenters. The fourth-order valence-corrected chi connectivity index (χ4v) is 5.50. The SMILES string of the molecule is Cc1ccc(CN(C(=O)CN(c2ccc(Br)cc2)S(=O)(=O)c2ccccc2)[C@H](C)C(=O)NC(C)(C)C)cc1. The van der Waals surface area contributed by atoms with Gasteiger partial charge in [-0.15, -0.1) is 0 Å². The Morgan fingerprint density at radius 2 is 1.50 bits per heavy atom. The predicted octanol–water partition coefficient (Wildman–Crippen LogP) is 5.28. The van der Waals surface area contributed by atoms with Crippen LogP contribution in [-0.2, 0) is 26.2 Å². The zero-order chi connectivity index (χ0) is 28.1. The predicted molar refractivity (Wildman–Crippen MR) is 154 cm³/mol. The average Bonchev–Trinajstić information content (AvgIpc) is 2.86. The topological polar surface area (TPSA) is 86.8 Å². The molecule has 0 aliphatic rings. The van der Waals surface area contributed by atoms with Gasteiger partial charge < -0.3 is 10.2 Å². The van der Waals surface area contributed by atoms with Crippen molar-refractivity contribution >= 4 is 43.5 Å². The number of rotatable bonds is 9. The Balaban J connectivity index is 2.01. The molecule has 0 aliphatic carbocycles. The van der Waals surface area contributed by atoms with E-state index in [0.29, 0.717) is 5.69 Å². The number of carbonyl (C=O) groups excluding carboxylic acids is 2. The van der Waals surface area contributed by atoms with Crippen LogP contribution in [0, 0.1) is 6.92 Å². The van der Waals surface area contributed by atoms with E-state index in [0.717, 1.165) is 19.9 Å². The van der Waals surface area contributed by atoms with Crippen molar-refractivity contribution in [3.8, 4) is 0 Å². The number of aryl methyl sites for hydroxylation is 1. The monoisotopic (exact) mass is 599 g/mol. The van der Waals surface area contributed by atoms with Crippen molar-refractivity contribution in [2.45, 2.75) is 57.6 Å². The highest BCUT2D eigenvalue weighted by Crippen LogP contribution is 2.26. The summed E-state index contributed by atoms with van der Waals surface area (Å²) in [6.07, 6.45) is 0. The third kappa shape index (κ3) is 7.68. The van der Waals surface area contributed by atoms with Gasteiger partial charge in [-0.2, -0.15) is 0 Å². The van der Waals surface area contributed by atoms with Gasteiger partial charge >= 0.3 is 0 Å². The summed E-state index contributed by atoms with van der Waals surface area (Å²) in [6, 6.07) is 21.5. The third-order valence-corrected chi connectivity index (χ3v) is 8.18. The summed E-state index contributed by atoms with van der Waals surface area (Å²) in [5.41, 5.74) is 1.75. The molecule has 0 fully saturated rings. The minimum Gasteiger partial charge on any atom is -0.350 e. The second-order valence-electron chi connectivity index (χ2n) is 10.2. The molecule has 0 radical (unpaired) electrons. The lowest BCUT2D eigenvalue weighted by Gasteiger charge is -2.33. The maximum Gasteiger partial charge on any atom is 0.264 e. The van der Waals surface area contributed by atoms with Gasteiger partial charge in [0.1, 0.15) is 12.6 Å². The number of sulfonamides is 1. The minimum atomic E-state index is -4.08.